The van der Waals surface area contributed by atoms with E-state index in [9.17, 15) is 18.0 Å². The van der Waals surface area contributed by atoms with Crippen LogP contribution >= 0.6 is 11.6 Å². The van der Waals surface area contributed by atoms with E-state index in [2.05, 4.69) is 5.32 Å². The molecule has 1 atom stereocenters. The number of sulfonamides is 1. The number of benzene rings is 4. The van der Waals surface area contributed by atoms with E-state index in [1.807, 2.05) is 66.7 Å². The lowest BCUT2D eigenvalue weighted by Gasteiger charge is -2.35. The molecular weight excluding hydrogens is 594 g/mol. The Balaban J connectivity index is 1.54. The summed E-state index contributed by atoms with van der Waals surface area (Å²) in [5.41, 5.74) is 2.05. The summed E-state index contributed by atoms with van der Waals surface area (Å²) in [6, 6.07) is 28.8. The molecule has 0 saturated heterocycles. The summed E-state index contributed by atoms with van der Waals surface area (Å²) in [6.07, 6.45) is 6.42. The van der Waals surface area contributed by atoms with Crippen LogP contribution < -0.4 is 9.62 Å². The van der Waals surface area contributed by atoms with Gasteiger partial charge in [0.05, 0.1) is 11.9 Å². The van der Waals surface area contributed by atoms with E-state index in [0.29, 0.717) is 16.1 Å². The highest BCUT2D eigenvalue weighted by molar-refractivity contribution is 7.92. The molecule has 0 heterocycles. The first-order valence-corrected chi connectivity index (χ1v) is 17.3. The third-order valence-electron chi connectivity index (χ3n) is 8.18. The summed E-state index contributed by atoms with van der Waals surface area (Å²) in [4.78, 5) is 30.0. The van der Waals surface area contributed by atoms with Gasteiger partial charge in [0.15, 0.2) is 0 Å². The molecule has 1 N–H and O–H groups in total. The maximum atomic E-state index is 14.4. The lowest BCUT2D eigenvalue weighted by Crippen LogP contribution is -2.55. The standard InChI is InChI=1S/C35H38ClN3O4S/c1-44(42,43)39(32-21-11-16-28-15-8-9-20-31(28)32)25-34(40)38(24-27-14-10-17-29(36)22-27)33(23-26-12-4-2-5-13-26)35(41)37-30-18-6-3-7-19-30/h2,4-5,8-17,20-22,30,33H,3,6-7,18-19,23-25H2,1H3,(H,37,41). The van der Waals surface area contributed by atoms with Crippen LogP contribution in [0.2, 0.25) is 5.02 Å². The maximum absolute atomic E-state index is 14.4. The number of anilines is 1. The number of halogens is 1. The summed E-state index contributed by atoms with van der Waals surface area (Å²) < 4.78 is 27.6. The van der Waals surface area contributed by atoms with E-state index in [4.69, 9.17) is 11.6 Å². The van der Waals surface area contributed by atoms with Gasteiger partial charge in [0.2, 0.25) is 21.8 Å². The molecule has 9 heteroatoms. The number of nitrogens with zero attached hydrogens (tertiary/aromatic N) is 2. The SMILES string of the molecule is CS(=O)(=O)N(CC(=O)N(Cc1cccc(Cl)c1)C(Cc1ccccc1)C(=O)NC1CCCCC1)c1cccc2ccccc12. The molecule has 1 aliphatic rings. The van der Waals surface area contributed by atoms with E-state index < -0.39 is 28.5 Å². The normalized spacial score (nSPS) is 14.6. The lowest BCUT2D eigenvalue weighted by molar-refractivity contribution is -0.140. The Morgan fingerprint density at radius 3 is 2.25 bits per heavy atom. The van der Waals surface area contributed by atoms with Crippen LogP contribution in [0.15, 0.2) is 97.1 Å². The highest BCUT2D eigenvalue weighted by atomic mass is 35.5. The summed E-state index contributed by atoms with van der Waals surface area (Å²) in [5, 5.41) is 5.30. The number of hydrogen-bond donors (Lipinski definition) is 1. The monoisotopic (exact) mass is 631 g/mol. The third-order valence-corrected chi connectivity index (χ3v) is 9.54. The molecule has 1 aliphatic carbocycles. The van der Waals surface area contributed by atoms with E-state index >= 15 is 0 Å². The fourth-order valence-corrected chi connectivity index (χ4v) is 7.03. The topological polar surface area (TPSA) is 86.8 Å². The van der Waals surface area contributed by atoms with Gasteiger partial charge < -0.3 is 10.2 Å². The molecule has 4 aromatic rings. The maximum Gasteiger partial charge on any atom is 0.244 e. The first kappa shape index (κ1) is 31.5. The van der Waals surface area contributed by atoms with Crippen LogP contribution in [0.3, 0.4) is 0 Å². The molecule has 4 aromatic carbocycles. The van der Waals surface area contributed by atoms with E-state index in [1.54, 1.807) is 30.3 Å². The molecule has 0 aliphatic heterocycles. The van der Waals surface area contributed by atoms with Crippen LogP contribution in [0.1, 0.15) is 43.2 Å². The van der Waals surface area contributed by atoms with Gasteiger partial charge in [-0.05, 0) is 47.6 Å². The molecule has 1 fully saturated rings. The second-order valence-electron chi connectivity index (χ2n) is 11.5. The molecule has 230 valence electrons. The fraction of sp³-hybridized carbons (Fsp3) is 0.314. The van der Waals surface area contributed by atoms with E-state index in [0.717, 1.165) is 59.2 Å². The molecule has 0 aromatic heterocycles. The Hall–Kier alpha value is -3.88. The third kappa shape index (κ3) is 7.98. The smallest absolute Gasteiger partial charge is 0.244 e. The molecule has 0 radical (unpaired) electrons. The molecule has 1 saturated carbocycles. The highest BCUT2D eigenvalue weighted by Crippen LogP contribution is 2.29. The number of fused-ring (bicyclic) bond motifs is 1. The Morgan fingerprint density at radius 2 is 1.52 bits per heavy atom. The largest absolute Gasteiger partial charge is 0.352 e. The molecule has 44 heavy (non-hydrogen) atoms. The van der Waals surface area contributed by atoms with Gasteiger partial charge in [-0.3, -0.25) is 13.9 Å². The predicted molar refractivity (Wildman–Crippen MR) is 177 cm³/mol. The van der Waals surface area contributed by atoms with Crippen LogP contribution in [0.25, 0.3) is 10.8 Å². The van der Waals surface area contributed by atoms with Crippen molar-refractivity contribution in [2.45, 2.75) is 57.2 Å². The molecule has 0 bridgehead atoms. The number of carbonyl (C=O) groups excluding carboxylic acids is 2. The number of amides is 2. The number of rotatable bonds is 11. The van der Waals surface area contributed by atoms with Crippen molar-refractivity contribution in [1.82, 2.24) is 10.2 Å². The van der Waals surface area contributed by atoms with Crippen molar-refractivity contribution < 1.29 is 18.0 Å². The number of hydrogen-bond acceptors (Lipinski definition) is 4. The van der Waals surface area contributed by atoms with Crippen molar-refractivity contribution in [3.05, 3.63) is 113 Å². The van der Waals surface area contributed by atoms with E-state index in [-0.39, 0.29) is 24.9 Å². The van der Waals surface area contributed by atoms with Gasteiger partial charge in [0, 0.05) is 29.4 Å². The second-order valence-corrected chi connectivity index (χ2v) is 13.8. The summed E-state index contributed by atoms with van der Waals surface area (Å²) in [5.74, 6) is -0.727. The Morgan fingerprint density at radius 1 is 0.864 bits per heavy atom. The van der Waals surface area contributed by atoms with Crippen LogP contribution in [0.5, 0.6) is 0 Å². The quantitative estimate of drug-likeness (QED) is 0.209. The summed E-state index contributed by atoms with van der Waals surface area (Å²) >= 11 is 6.32. The van der Waals surface area contributed by atoms with Crippen molar-refractivity contribution in [2.75, 3.05) is 17.1 Å². The molecule has 7 nitrogen and oxygen atoms in total. The minimum Gasteiger partial charge on any atom is -0.352 e. The summed E-state index contributed by atoms with van der Waals surface area (Å²) in [6.45, 7) is -0.377. The van der Waals surface area contributed by atoms with Crippen LogP contribution in [-0.2, 0) is 32.6 Å². The van der Waals surface area contributed by atoms with Gasteiger partial charge in [-0.2, -0.15) is 0 Å². The fourth-order valence-electron chi connectivity index (χ4n) is 5.95. The van der Waals surface area contributed by atoms with Crippen molar-refractivity contribution >= 4 is 49.9 Å². The average Bonchev–Trinajstić information content (AvgIpc) is 3.01. The Labute approximate surface area is 264 Å². The van der Waals surface area contributed by atoms with Gasteiger partial charge in [0.1, 0.15) is 12.6 Å². The number of nitrogens with one attached hydrogen (secondary N) is 1. The second kappa shape index (κ2) is 14.3. The van der Waals surface area contributed by atoms with Gasteiger partial charge in [-0.1, -0.05) is 110 Å². The van der Waals surface area contributed by atoms with Crippen LogP contribution in [-0.4, -0.2) is 50.0 Å². The number of carbonyl (C=O) groups is 2. The average molecular weight is 632 g/mol. The first-order valence-electron chi connectivity index (χ1n) is 15.0. The van der Waals surface area contributed by atoms with Crippen LogP contribution in [0.4, 0.5) is 5.69 Å². The minimum atomic E-state index is -3.88. The zero-order chi connectivity index (χ0) is 31.1. The molecular formula is C35H38ClN3O4S. The van der Waals surface area contributed by atoms with Gasteiger partial charge in [-0.15, -0.1) is 0 Å². The van der Waals surface area contributed by atoms with Gasteiger partial charge in [0.25, 0.3) is 0 Å². The molecule has 5 rings (SSSR count). The first-order chi connectivity index (χ1) is 21.2. The molecule has 0 spiro atoms. The van der Waals surface area contributed by atoms with Crippen molar-refractivity contribution in [3.63, 3.8) is 0 Å². The minimum absolute atomic E-state index is 0.0425. The van der Waals surface area contributed by atoms with Gasteiger partial charge >= 0.3 is 0 Å². The summed E-state index contributed by atoms with van der Waals surface area (Å²) in [7, 11) is -3.88. The van der Waals surface area contributed by atoms with Crippen molar-refractivity contribution in [3.8, 4) is 0 Å². The van der Waals surface area contributed by atoms with E-state index in [1.165, 1.54) is 4.90 Å². The Kier molecular flexibility index (Phi) is 10.2. The van der Waals surface area contributed by atoms with Crippen LogP contribution in [0, 0.1) is 0 Å². The predicted octanol–water partition coefficient (Wildman–Crippen LogP) is 6.35. The highest BCUT2D eigenvalue weighted by Gasteiger charge is 2.34. The zero-order valence-electron chi connectivity index (χ0n) is 24.9. The molecule has 2 amide bonds. The van der Waals surface area contributed by atoms with Crippen molar-refractivity contribution in [1.29, 1.82) is 0 Å². The zero-order valence-corrected chi connectivity index (χ0v) is 26.4. The lowest BCUT2D eigenvalue weighted by atomic mass is 9.94. The van der Waals surface area contributed by atoms with Gasteiger partial charge in [-0.25, -0.2) is 8.42 Å². The molecule has 1 unspecified atom stereocenters. The van der Waals surface area contributed by atoms with Crippen molar-refractivity contribution in [2.24, 2.45) is 0 Å². The Bertz CT molecular complexity index is 1700.